The average molecular weight is 401 g/mol. The number of nitrogens with one attached hydrogen (secondary N) is 2. The van der Waals surface area contributed by atoms with Crippen molar-refractivity contribution < 1.29 is 9.47 Å². The van der Waals surface area contributed by atoms with Crippen LogP contribution in [0.25, 0.3) is 10.9 Å². The molecule has 1 aromatic heterocycles. The summed E-state index contributed by atoms with van der Waals surface area (Å²) < 4.78 is 12.3. The van der Waals surface area contributed by atoms with E-state index in [9.17, 15) is 0 Å². The zero-order valence-corrected chi connectivity index (χ0v) is 16.2. The fourth-order valence-corrected chi connectivity index (χ4v) is 4.13. The number of halogens is 1. The molecule has 0 radical (unpaired) electrons. The van der Waals surface area contributed by atoms with Gasteiger partial charge in [0.1, 0.15) is 11.5 Å². The first-order valence-corrected chi connectivity index (χ1v) is 9.17. The lowest BCUT2D eigenvalue weighted by Crippen LogP contribution is -2.30. The fraction of sp³-hybridized carbons (Fsp3) is 0.300. The minimum atomic E-state index is 0.0550. The Hall–Kier alpha value is -1.98. The lowest BCUT2D eigenvalue weighted by molar-refractivity contribution is 0.390. The van der Waals surface area contributed by atoms with Crippen molar-refractivity contribution in [3.05, 3.63) is 57.2 Å². The summed E-state index contributed by atoms with van der Waals surface area (Å²) in [4.78, 5) is 3.62. The van der Waals surface area contributed by atoms with Crippen molar-refractivity contribution in [2.45, 2.75) is 19.4 Å². The van der Waals surface area contributed by atoms with Crippen LogP contribution < -0.4 is 14.8 Å². The number of benzene rings is 2. The van der Waals surface area contributed by atoms with Crippen molar-refractivity contribution >= 4 is 26.8 Å². The van der Waals surface area contributed by atoms with Gasteiger partial charge in [-0.2, -0.15) is 0 Å². The van der Waals surface area contributed by atoms with Gasteiger partial charge in [-0.15, -0.1) is 0 Å². The molecule has 5 heteroatoms. The summed E-state index contributed by atoms with van der Waals surface area (Å²) >= 11 is 3.59. The molecule has 0 aliphatic carbocycles. The Bertz CT molecular complexity index is 949. The first-order chi connectivity index (χ1) is 12.1. The summed E-state index contributed by atoms with van der Waals surface area (Å²) in [6.07, 6.45) is 1.01. The second kappa shape index (κ2) is 6.39. The Morgan fingerprint density at radius 1 is 1.08 bits per heavy atom. The second-order valence-electron chi connectivity index (χ2n) is 6.41. The van der Waals surface area contributed by atoms with Gasteiger partial charge >= 0.3 is 0 Å². The number of H-pyrrole nitrogens is 1. The maximum absolute atomic E-state index is 5.67. The van der Waals surface area contributed by atoms with Crippen LogP contribution in [-0.4, -0.2) is 25.7 Å². The molecule has 0 saturated carbocycles. The third kappa shape index (κ3) is 2.71. The van der Waals surface area contributed by atoms with Crippen LogP contribution in [0.1, 0.15) is 28.4 Å². The number of methoxy groups -OCH3 is 2. The molecular formula is C20H21BrN2O2. The van der Waals surface area contributed by atoms with E-state index in [1.807, 2.05) is 13.0 Å². The van der Waals surface area contributed by atoms with Gasteiger partial charge in [-0.1, -0.05) is 15.9 Å². The minimum Gasteiger partial charge on any atom is -0.496 e. The molecule has 3 aromatic rings. The number of aromatic nitrogens is 1. The molecule has 25 heavy (non-hydrogen) atoms. The molecule has 130 valence electrons. The van der Waals surface area contributed by atoms with E-state index in [1.165, 1.54) is 22.2 Å². The zero-order chi connectivity index (χ0) is 17.6. The van der Waals surface area contributed by atoms with Gasteiger partial charge in [0.25, 0.3) is 0 Å². The second-order valence-corrected chi connectivity index (χ2v) is 7.32. The molecule has 2 aromatic carbocycles. The van der Waals surface area contributed by atoms with E-state index in [4.69, 9.17) is 9.47 Å². The highest BCUT2D eigenvalue weighted by Crippen LogP contribution is 2.40. The van der Waals surface area contributed by atoms with Gasteiger partial charge in [0.15, 0.2) is 0 Å². The van der Waals surface area contributed by atoms with Crippen LogP contribution in [-0.2, 0) is 6.42 Å². The van der Waals surface area contributed by atoms with Crippen molar-refractivity contribution in [2.75, 3.05) is 20.8 Å². The summed E-state index contributed by atoms with van der Waals surface area (Å²) in [7, 11) is 3.43. The Labute approximate surface area is 155 Å². The van der Waals surface area contributed by atoms with Gasteiger partial charge in [-0.25, -0.2) is 0 Å². The molecular weight excluding hydrogens is 380 g/mol. The normalized spacial score (nSPS) is 16.7. The molecule has 4 nitrogen and oxygen atoms in total. The summed E-state index contributed by atoms with van der Waals surface area (Å²) in [6.45, 7) is 2.96. The molecule has 0 fully saturated rings. The number of ether oxygens (including phenoxy) is 2. The predicted octanol–water partition coefficient (Wildman–Crippen LogP) is 4.49. The molecule has 0 amide bonds. The van der Waals surface area contributed by atoms with Crippen LogP contribution in [0.3, 0.4) is 0 Å². The van der Waals surface area contributed by atoms with E-state index in [0.29, 0.717) is 0 Å². The van der Waals surface area contributed by atoms with Crippen LogP contribution in [0, 0.1) is 6.92 Å². The van der Waals surface area contributed by atoms with Gasteiger partial charge < -0.3 is 19.8 Å². The number of rotatable bonds is 3. The van der Waals surface area contributed by atoms with Crippen LogP contribution in [0.4, 0.5) is 0 Å². The Kier molecular flexibility index (Phi) is 4.21. The minimum absolute atomic E-state index is 0.0550. The largest absolute Gasteiger partial charge is 0.496 e. The van der Waals surface area contributed by atoms with Crippen LogP contribution in [0.2, 0.25) is 0 Å². The molecule has 1 unspecified atom stereocenters. The molecule has 2 heterocycles. The van der Waals surface area contributed by atoms with Gasteiger partial charge in [0.2, 0.25) is 0 Å². The molecule has 0 saturated heterocycles. The molecule has 0 bridgehead atoms. The topological polar surface area (TPSA) is 46.3 Å². The highest BCUT2D eigenvalue weighted by atomic mass is 79.9. The summed E-state index contributed by atoms with van der Waals surface area (Å²) in [5.41, 5.74) is 5.92. The number of aromatic amines is 1. The smallest absolute Gasteiger partial charge is 0.124 e. The van der Waals surface area contributed by atoms with E-state index in [-0.39, 0.29) is 6.04 Å². The van der Waals surface area contributed by atoms with Gasteiger partial charge in [0, 0.05) is 33.2 Å². The molecule has 4 rings (SSSR count). The Morgan fingerprint density at radius 2 is 1.88 bits per heavy atom. The summed E-state index contributed by atoms with van der Waals surface area (Å²) in [5, 5.41) is 4.92. The zero-order valence-electron chi connectivity index (χ0n) is 14.6. The van der Waals surface area contributed by atoms with Gasteiger partial charge in [-0.05, 0) is 54.8 Å². The Morgan fingerprint density at radius 3 is 2.64 bits per heavy atom. The maximum atomic E-state index is 5.67. The fourth-order valence-electron chi connectivity index (χ4n) is 3.77. The van der Waals surface area contributed by atoms with Crippen molar-refractivity contribution in [1.82, 2.24) is 10.3 Å². The van der Waals surface area contributed by atoms with Crippen LogP contribution >= 0.6 is 15.9 Å². The highest BCUT2D eigenvalue weighted by molar-refractivity contribution is 9.10. The van der Waals surface area contributed by atoms with Crippen molar-refractivity contribution in [1.29, 1.82) is 0 Å². The van der Waals surface area contributed by atoms with E-state index in [1.54, 1.807) is 14.2 Å². The highest BCUT2D eigenvalue weighted by Gasteiger charge is 2.28. The van der Waals surface area contributed by atoms with Gasteiger partial charge in [0.05, 0.1) is 20.3 Å². The summed E-state index contributed by atoms with van der Waals surface area (Å²) in [6, 6.07) is 10.6. The van der Waals surface area contributed by atoms with Crippen molar-refractivity contribution in [3.63, 3.8) is 0 Å². The van der Waals surface area contributed by atoms with Crippen LogP contribution in [0.5, 0.6) is 11.5 Å². The predicted molar refractivity (Wildman–Crippen MR) is 104 cm³/mol. The first-order valence-electron chi connectivity index (χ1n) is 8.38. The van der Waals surface area contributed by atoms with Crippen molar-refractivity contribution in [2.24, 2.45) is 0 Å². The third-order valence-corrected chi connectivity index (χ3v) is 5.46. The average Bonchev–Trinajstić information content (AvgIpc) is 2.99. The number of aryl methyl sites for hydroxylation is 1. The van der Waals surface area contributed by atoms with Crippen LogP contribution in [0.15, 0.2) is 34.8 Å². The lowest BCUT2D eigenvalue weighted by Gasteiger charge is -2.27. The maximum Gasteiger partial charge on any atom is 0.124 e. The SMILES string of the molecule is COc1cc(C2NCCc3c2[nH]c2ccc(Br)cc32)c(OC)cc1C. The van der Waals surface area contributed by atoms with Crippen molar-refractivity contribution in [3.8, 4) is 11.5 Å². The van der Waals surface area contributed by atoms with E-state index < -0.39 is 0 Å². The molecule has 1 aliphatic heterocycles. The third-order valence-electron chi connectivity index (χ3n) is 4.97. The standard InChI is InChI=1S/C20H21BrN2O2/c1-11-8-18(25-3)15(10-17(11)24-2)19-20-13(6-7-22-19)14-9-12(21)4-5-16(14)23-20/h4-5,8-10,19,22-23H,6-7H2,1-3H3. The van der Waals surface area contributed by atoms with Gasteiger partial charge in [-0.3, -0.25) is 0 Å². The molecule has 2 N–H and O–H groups in total. The number of fused-ring (bicyclic) bond motifs is 3. The molecule has 1 atom stereocenters. The van der Waals surface area contributed by atoms with E-state index >= 15 is 0 Å². The lowest BCUT2D eigenvalue weighted by atomic mass is 9.93. The monoisotopic (exact) mass is 400 g/mol. The number of hydrogen-bond donors (Lipinski definition) is 2. The quantitative estimate of drug-likeness (QED) is 0.680. The van der Waals surface area contributed by atoms with E-state index in [0.717, 1.165) is 40.1 Å². The molecule has 1 aliphatic rings. The number of hydrogen-bond acceptors (Lipinski definition) is 3. The Balaban J connectivity index is 1.90. The van der Waals surface area contributed by atoms with E-state index in [2.05, 4.69) is 50.5 Å². The summed E-state index contributed by atoms with van der Waals surface area (Å²) in [5.74, 6) is 1.76. The molecule has 0 spiro atoms. The first kappa shape index (κ1) is 16.5.